The van der Waals surface area contributed by atoms with Gasteiger partial charge < -0.3 is 10.7 Å². The zero-order chi connectivity index (χ0) is 13.7. The fraction of sp³-hybridized carbons (Fsp3) is 0.333. The van der Waals surface area contributed by atoms with Crippen molar-refractivity contribution in [3.8, 4) is 0 Å². The fourth-order valence-corrected chi connectivity index (χ4v) is 1.60. The van der Waals surface area contributed by atoms with Crippen LogP contribution in [0.15, 0.2) is 18.3 Å². The minimum atomic E-state index is 0.577. The lowest BCUT2D eigenvalue weighted by Crippen LogP contribution is -2.12. The van der Waals surface area contributed by atoms with Crippen molar-refractivity contribution in [3.05, 3.63) is 35.7 Å². The summed E-state index contributed by atoms with van der Waals surface area (Å²) in [7, 11) is 0. The second-order valence-corrected chi connectivity index (χ2v) is 4.00. The van der Waals surface area contributed by atoms with Gasteiger partial charge in [0.25, 0.3) is 0 Å². The van der Waals surface area contributed by atoms with Crippen LogP contribution in [0.4, 0.5) is 11.6 Å². The second kappa shape index (κ2) is 6.05. The quantitative estimate of drug-likeness (QED) is 0.544. The Balaban J connectivity index is 2.10. The molecule has 0 aromatic carbocycles. The molecule has 0 aliphatic heterocycles. The predicted molar refractivity (Wildman–Crippen MR) is 73.3 cm³/mol. The lowest BCUT2D eigenvalue weighted by Gasteiger charge is -2.08. The zero-order valence-corrected chi connectivity index (χ0v) is 11.0. The van der Waals surface area contributed by atoms with Crippen molar-refractivity contribution in [2.24, 2.45) is 5.84 Å². The Morgan fingerprint density at radius 2 is 2.00 bits per heavy atom. The minimum absolute atomic E-state index is 0.577. The number of hydrazine groups is 1. The molecule has 7 nitrogen and oxygen atoms in total. The third-order valence-corrected chi connectivity index (χ3v) is 2.52. The maximum atomic E-state index is 5.38. The van der Waals surface area contributed by atoms with Crippen LogP contribution in [0.2, 0.25) is 0 Å². The predicted octanol–water partition coefficient (Wildman–Crippen LogP) is 1.04. The average Bonchev–Trinajstić information content (AvgIpc) is 2.44. The van der Waals surface area contributed by atoms with Crippen LogP contribution in [0.1, 0.15) is 24.3 Å². The first-order valence-corrected chi connectivity index (χ1v) is 6.08. The van der Waals surface area contributed by atoms with E-state index >= 15 is 0 Å². The zero-order valence-electron chi connectivity index (χ0n) is 11.0. The number of nitrogens with one attached hydrogen (secondary N) is 2. The van der Waals surface area contributed by atoms with Gasteiger partial charge in [0.05, 0.1) is 12.2 Å². The van der Waals surface area contributed by atoms with Gasteiger partial charge in [-0.15, -0.1) is 0 Å². The number of aromatic nitrogens is 4. The van der Waals surface area contributed by atoms with Crippen LogP contribution in [-0.4, -0.2) is 19.9 Å². The molecule has 0 saturated heterocycles. The molecule has 7 heteroatoms. The molecule has 2 aromatic heterocycles. The Labute approximate surface area is 111 Å². The van der Waals surface area contributed by atoms with Crippen LogP contribution in [0.3, 0.4) is 0 Å². The molecule has 0 fully saturated rings. The van der Waals surface area contributed by atoms with Crippen molar-refractivity contribution < 1.29 is 0 Å². The van der Waals surface area contributed by atoms with Gasteiger partial charge >= 0.3 is 0 Å². The van der Waals surface area contributed by atoms with Gasteiger partial charge in [0.1, 0.15) is 23.3 Å². The van der Waals surface area contributed by atoms with Crippen molar-refractivity contribution in [1.29, 1.82) is 0 Å². The van der Waals surface area contributed by atoms with Gasteiger partial charge in [-0.1, -0.05) is 6.92 Å². The van der Waals surface area contributed by atoms with Crippen molar-refractivity contribution in [2.75, 3.05) is 10.7 Å². The first-order chi connectivity index (χ1) is 9.21. The molecule has 0 bridgehead atoms. The molecular formula is C12H17N7. The molecule has 0 radical (unpaired) electrons. The SMILES string of the molecule is CCc1nc(NN)cc(NCc2ccnc(C)n2)n1. The second-order valence-electron chi connectivity index (χ2n) is 4.00. The molecule has 2 rings (SSSR count). The van der Waals surface area contributed by atoms with E-state index in [1.54, 1.807) is 12.3 Å². The molecule has 2 heterocycles. The molecule has 0 aliphatic carbocycles. The largest absolute Gasteiger partial charge is 0.364 e. The molecule has 0 unspecified atom stereocenters. The summed E-state index contributed by atoms with van der Waals surface area (Å²) in [6.07, 6.45) is 2.49. The number of nitrogen functional groups attached to an aromatic ring is 1. The monoisotopic (exact) mass is 259 g/mol. The molecule has 0 amide bonds. The Morgan fingerprint density at radius 1 is 1.21 bits per heavy atom. The number of hydrogen-bond acceptors (Lipinski definition) is 7. The van der Waals surface area contributed by atoms with Gasteiger partial charge in [-0.2, -0.15) is 0 Å². The number of anilines is 2. The van der Waals surface area contributed by atoms with Crippen molar-refractivity contribution >= 4 is 11.6 Å². The summed E-state index contributed by atoms with van der Waals surface area (Å²) in [5, 5.41) is 3.20. The number of nitrogens with zero attached hydrogens (tertiary/aromatic N) is 4. The molecule has 0 atom stereocenters. The van der Waals surface area contributed by atoms with Gasteiger partial charge in [-0.05, 0) is 13.0 Å². The molecule has 0 aliphatic rings. The van der Waals surface area contributed by atoms with E-state index in [1.165, 1.54) is 0 Å². The van der Waals surface area contributed by atoms with Gasteiger partial charge in [0.15, 0.2) is 0 Å². The van der Waals surface area contributed by atoms with E-state index in [-0.39, 0.29) is 0 Å². The Bertz CT molecular complexity index is 533. The molecule has 2 aromatic rings. The van der Waals surface area contributed by atoms with Crippen LogP contribution >= 0.6 is 0 Å². The van der Waals surface area contributed by atoms with Gasteiger partial charge in [-0.3, -0.25) is 0 Å². The van der Waals surface area contributed by atoms with E-state index in [4.69, 9.17) is 5.84 Å². The van der Waals surface area contributed by atoms with Crippen LogP contribution < -0.4 is 16.6 Å². The highest BCUT2D eigenvalue weighted by atomic mass is 15.3. The standard InChI is InChI=1S/C12H17N7/c1-3-10-17-11(6-12(18-10)19-13)15-7-9-4-5-14-8(2)16-9/h4-6H,3,7,13H2,1-2H3,(H2,15,17,18,19). The lowest BCUT2D eigenvalue weighted by atomic mass is 10.3. The van der Waals surface area contributed by atoms with E-state index in [9.17, 15) is 0 Å². The van der Waals surface area contributed by atoms with Crippen LogP contribution in [0, 0.1) is 6.92 Å². The van der Waals surface area contributed by atoms with Crippen molar-refractivity contribution in [3.63, 3.8) is 0 Å². The summed E-state index contributed by atoms with van der Waals surface area (Å²) in [5.74, 6) is 8.17. The van der Waals surface area contributed by atoms with Gasteiger partial charge in [-0.25, -0.2) is 25.8 Å². The highest BCUT2D eigenvalue weighted by Crippen LogP contribution is 2.11. The average molecular weight is 259 g/mol. The summed E-state index contributed by atoms with van der Waals surface area (Å²) in [4.78, 5) is 17.0. The van der Waals surface area contributed by atoms with Gasteiger partial charge in [0, 0.05) is 18.7 Å². The minimum Gasteiger partial charge on any atom is -0.364 e. The lowest BCUT2D eigenvalue weighted by molar-refractivity contribution is 0.915. The molecular weight excluding hydrogens is 242 g/mol. The fourth-order valence-electron chi connectivity index (χ4n) is 1.60. The van der Waals surface area contributed by atoms with E-state index in [0.717, 1.165) is 29.6 Å². The smallest absolute Gasteiger partial charge is 0.145 e. The number of hydrogen-bond donors (Lipinski definition) is 3. The summed E-state index contributed by atoms with van der Waals surface area (Å²) >= 11 is 0. The summed E-state index contributed by atoms with van der Waals surface area (Å²) in [5.41, 5.74) is 3.44. The normalized spacial score (nSPS) is 10.3. The van der Waals surface area contributed by atoms with E-state index in [1.807, 2.05) is 19.9 Å². The van der Waals surface area contributed by atoms with Gasteiger partial charge in [0.2, 0.25) is 0 Å². The third kappa shape index (κ3) is 3.59. The van der Waals surface area contributed by atoms with E-state index < -0.39 is 0 Å². The van der Waals surface area contributed by atoms with Crippen LogP contribution in [0.5, 0.6) is 0 Å². The number of nitrogens with two attached hydrogens (primary N) is 1. The van der Waals surface area contributed by atoms with Crippen LogP contribution in [0.25, 0.3) is 0 Å². The topological polar surface area (TPSA) is 102 Å². The molecule has 4 N–H and O–H groups in total. The highest BCUT2D eigenvalue weighted by molar-refractivity contribution is 5.47. The molecule has 0 spiro atoms. The van der Waals surface area contributed by atoms with Crippen molar-refractivity contribution in [2.45, 2.75) is 26.8 Å². The number of rotatable bonds is 5. The maximum Gasteiger partial charge on any atom is 0.145 e. The Morgan fingerprint density at radius 3 is 2.68 bits per heavy atom. The van der Waals surface area contributed by atoms with Crippen molar-refractivity contribution in [1.82, 2.24) is 19.9 Å². The Kier molecular flexibility index (Phi) is 4.19. The first-order valence-electron chi connectivity index (χ1n) is 6.08. The summed E-state index contributed by atoms with van der Waals surface area (Å²) < 4.78 is 0. The molecule has 0 saturated carbocycles. The Hall–Kier alpha value is -2.28. The molecule has 19 heavy (non-hydrogen) atoms. The molecule has 100 valence electrons. The summed E-state index contributed by atoms with van der Waals surface area (Å²) in [6.45, 7) is 4.43. The van der Waals surface area contributed by atoms with E-state index in [2.05, 4.69) is 30.7 Å². The first kappa shape index (κ1) is 13.2. The van der Waals surface area contributed by atoms with Crippen LogP contribution in [-0.2, 0) is 13.0 Å². The van der Waals surface area contributed by atoms with E-state index in [0.29, 0.717) is 12.4 Å². The highest BCUT2D eigenvalue weighted by Gasteiger charge is 2.03. The number of aryl methyl sites for hydroxylation is 2. The summed E-state index contributed by atoms with van der Waals surface area (Å²) in [6, 6.07) is 3.62. The maximum absolute atomic E-state index is 5.38. The third-order valence-electron chi connectivity index (χ3n) is 2.52.